The normalized spacial score (nSPS) is 16.2. The van der Waals surface area contributed by atoms with Gasteiger partial charge >= 0.3 is 0 Å². The minimum absolute atomic E-state index is 0.102. The topological polar surface area (TPSA) is 82.0 Å². The van der Waals surface area contributed by atoms with Crippen molar-refractivity contribution in [3.8, 4) is 11.8 Å². The van der Waals surface area contributed by atoms with Crippen molar-refractivity contribution in [3.05, 3.63) is 63.0 Å². The molecule has 1 fully saturated rings. The fourth-order valence-corrected chi connectivity index (χ4v) is 5.03. The van der Waals surface area contributed by atoms with Crippen molar-refractivity contribution in [1.82, 2.24) is 19.3 Å². The summed E-state index contributed by atoms with van der Waals surface area (Å²) in [6.07, 6.45) is 3.69. The largest absolute Gasteiger partial charge is 0.341 e. The summed E-state index contributed by atoms with van der Waals surface area (Å²) in [5.41, 5.74) is 8.20. The first-order valence-corrected chi connectivity index (χ1v) is 11.9. The molecule has 1 atom stereocenters. The molecule has 1 unspecified atom stereocenters. The molecule has 0 saturated carbocycles. The predicted octanol–water partition coefficient (Wildman–Crippen LogP) is 3.51. The Labute approximate surface area is 200 Å². The van der Waals surface area contributed by atoms with Crippen molar-refractivity contribution >= 4 is 43.7 Å². The van der Waals surface area contributed by atoms with E-state index in [0.717, 1.165) is 52.7 Å². The van der Waals surface area contributed by atoms with Crippen molar-refractivity contribution in [1.29, 1.82) is 0 Å². The first kappa shape index (κ1) is 21.7. The van der Waals surface area contributed by atoms with E-state index in [1.165, 1.54) is 4.68 Å². The van der Waals surface area contributed by atoms with Crippen molar-refractivity contribution in [2.75, 3.05) is 18.0 Å². The van der Waals surface area contributed by atoms with Crippen LogP contribution in [0.1, 0.15) is 25.3 Å². The number of halogens is 1. The number of benzene rings is 2. The molecule has 2 aromatic heterocycles. The molecule has 0 spiro atoms. The van der Waals surface area contributed by atoms with Crippen LogP contribution in [0.4, 0.5) is 5.95 Å². The first-order valence-electron chi connectivity index (χ1n) is 11.1. The Balaban J connectivity index is 1.62. The Morgan fingerprint density at radius 2 is 2.03 bits per heavy atom. The minimum Gasteiger partial charge on any atom is -0.341 e. The fourth-order valence-electron chi connectivity index (χ4n) is 4.55. The van der Waals surface area contributed by atoms with Gasteiger partial charge in [0.2, 0.25) is 5.95 Å². The standard InChI is InChI=1S/C25H25BrN6O/c1-2-3-13-31-23-22(29-25(31)30-12-6-7-18(27)16-30)14-28-32(24(23)33)15-17-10-11-21(26)20-9-5-4-8-19(17)20/h4-5,8-11,14,18H,6-7,12-13,15-16,27H2,1H3. The molecule has 168 valence electrons. The summed E-state index contributed by atoms with van der Waals surface area (Å²) >= 11 is 3.62. The molecule has 3 heterocycles. The average molecular weight is 505 g/mol. The molecule has 1 aliphatic rings. The van der Waals surface area contributed by atoms with E-state index >= 15 is 0 Å². The van der Waals surface area contributed by atoms with E-state index in [1.54, 1.807) is 13.1 Å². The molecule has 4 aromatic rings. The molecule has 0 aliphatic carbocycles. The molecule has 0 amide bonds. The van der Waals surface area contributed by atoms with E-state index in [-0.39, 0.29) is 11.6 Å². The highest BCUT2D eigenvalue weighted by molar-refractivity contribution is 9.10. The number of hydrogen-bond donors (Lipinski definition) is 1. The summed E-state index contributed by atoms with van der Waals surface area (Å²) in [4.78, 5) is 20.6. The highest BCUT2D eigenvalue weighted by Crippen LogP contribution is 2.27. The number of aromatic nitrogens is 4. The van der Waals surface area contributed by atoms with Crippen LogP contribution in [0, 0.1) is 11.8 Å². The van der Waals surface area contributed by atoms with Gasteiger partial charge in [0.1, 0.15) is 11.0 Å². The van der Waals surface area contributed by atoms with Gasteiger partial charge in [-0.15, -0.1) is 5.92 Å². The molecule has 1 aliphatic heterocycles. The lowest BCUT2D eigenvalue weighted by molar-refractivity contribution is 0.496. The number of nitrogens with zero attached hydrogens (tertiary/aromatic N) is 5. The van der Waals surface area contributed by atoms with Gasteiger partial charge in [0.05, 0.1) is 19.3 Å². The number of piperidine rings is 1. The van der Waals surface area contributed by atoms with E-state index in [1.807, 2.05) is 28.8 Å². The molecular weight excluding hydrogens is 480 g/mol. The van der Waals surface area contributed by atoms with Crippen molar-refractivity contribution in [3.63, 3.8) is 0 Å². The maximum Gasteiger partial charge on any atom is 0.293 e. The molecule has 7 nitrogen and oxygen atoms in total. The molecule has 8 heteroatoms. The number of hydrogen-bond acceptors (Lipinski definition) is 5. The second kappa shape index (κ2) is 9.00. The Bertz CT molecular complexity index is 1460. The van der Waals surface area contributed by atoms with Gasteiger partial charge in [-0.2, -0.15) is 5.10 Å². The molecule has 0 radical (unpaired) electrons. The second-order valence-electron chi connectivity index (χ2n) is 8.37. The van der Waals surface area contributed by atoms with E-state index in [2.05, 4.69) is 49.9 Å². The molecule has 2 aromatic carbocycles. The Kier molecular flexibility index (Phi) is 5.92. The number of imidazole rings is 1. The SMILES string of the molecule is CC#CCn1c(N2CCCC(N)C2)nc2cnn(Cc3ccc(Br)c4ccccc34)c(=O)c21. The molecular formula is C25H25BrN6O. The number of fused-ring (bicyclic) bond motifs is 2. The van der Waals surface area contributed by atoms with Crippen LogP contribution in [0.2, 0.25) is 0 Å². The average Bonchev–Trinajstić information content (AvgIpc) is 3.20. The number of rotatable bonds is 4. The highest BCUT2D eigenvalue weighted by atomic mass is 79.9. The quantitative estimate of drug-likeness (QED) is 0.430. The Hall–Kier alpha value is -3.15. The number of anilines is 1. The monoisotopic (exact) mass is 504 g/mol. The number of nitrogens with two attached hydrogens (primary N) is 1. The van der Waals surface area contributed by atoms with Crippen LogP contribution >= 0.6 is 15.9 Å². The summed E-state index contributed by atoms with van der Waals surface area (Å²) in [7, 11) is 0. The van der Waals surface area contributed by atoms with Gasteiger partial charge < -0.3 is 10.6 Å². The van der Waals surface area contributed by atoms with Crippen LogP contribution in [-0.2, 0) is 13.1 Å². The van der Waals surface area contributed by atoms with Gasteiger partial charge in [0, 0.05) is 23.6 Å². The molecule has 5 rings (SSSR count). The van der Waals surface area contributed by atoms with Gasteiger partial charge in [0.25, 0.3) is 5.56 Å². The van der Waals surface area contributed by atoms with Crippen LogP contribution in [0.5, 0.6) is 0 Å². The van der Waals surface area contributed by atoms with Crippen LogP contribution in [0.15, 0.2) is 51.9 Å². The van der Waals surface area contributed by atoms with Gasteiger partial charge in [-0.05, 0) is 42.2 Å². The van der Waals surface area contributed by atoms with Crippen molar-refractivity contribution in [2.45, 2.75) is 38.9 Å². The van der Waals surface area contributed by atoms with Gasteiger partial charge in [-0.3, -0.25) is 9.36 Å². The smallest absolute Gasteiger partial charge is 0.293 e. The third-order valence-corrected chi connectivity index (χ3v) is 6.86. The third kappa shape index (κ3) is 4.03. The summed E-state index contributed by atoms with van der Waals surface area (Å²) in [6, 6.07) is 12.3. The molecule has 1 saturated heterocycles. The van der Waals surface area contributed by atoms with Crippen LogP contribution in [0.3, 0.4) is 0 Å². The van der Waals surface area contributed by atoms with Crippen LogP contribution < -0.4 is 16.2 Å². The zero-order valence-electron chi connectivity index (χ0n) is 18.5. The van der Waals surface area contributed by atoms with E-state index < -0.39 is 0 Å². The zero-order chi connectivity index (χ0) is 22.9. The Morgan fingerprint density at radius 1 is 1.21 bits per heavy atom. The molecule has 33 heavy (non-hydrogen) atoms. The molecule has 2 N–H and O–H groups in total. The lowest BCUT2D eigenvalue weighted by Crippen LogP contribution is -2.44. The zero-order valence-corrected chi connectivity index (χ0v) is 20.0. The third-order valence-electron chi connectivity index (χ3n) is 6.17. The maximum absolute atomic E-state index is 13.6. The second-order valence-corrected chi connectivity index (χ2v) is 9.22. The van der Waals surface area contributed by atoms with Gasteiger partial charge in [-0.1, -0.05) is 52.2 Å². The lowest BCUT2D eigenvalue weighted by atomic mass is 10.0. The first-order chi connectivity index (χ1) is 16.1. The van der Waals surface area contributed by atoms with Gasteiger partial charge in [-0.25, -0.2) is 9.67 Å². The van der Waals surface area contributed by atoms with Gasteiger partial charge in [0.15, 0.2) is 0 Å². The lowest BCUT2D eigenvalue weighted by Gasteiger charge is -2.31. The van der Waals surface area contributed by atoms with E-state index in [4.69, 9.17) is 10.7 Å². The van der Waals surface area contributed by atoms with E-state index in [0.29, 0.717) is 24.1 Å². The predicted molar refractivity (Wildman–Crippen MR) is 135 cm³/mol. The minimum atomic E-state index is -0.169. The van der Waals surface area contributed by atoms with Crippen molar-refractivity contribution < 1.29 is 0 Å². The summed E-state index contributed by atoms with van der Waals surface area (Å²) in [6.45, 7) is 4.15. The van der Waals surface area contributed by atoms with E-state index in [9.17, 15) is 4.79 Å². The van der Waals surface area contributed by atoms with Crippen LogP contribution in [0.25, 0.3) is 21.8 Å². The summed E-state index contributed by atoms with van der Waals surface area (Å²) in [5, 5.41) is 6.66. The Morgan fingerprint density at radius 3 is 2.82 bits per heavy atom. The molecule has 0 bridgehead atoms. The summed E-state index contributed by atoms with van der Waals surface area (Å²) < 4.78 is 4.46. The van der Waals surface area contributed by atoms with Crippen LogP contribution in [-0.4, -0.2) is 38.5 Å². The fraction of sp³-hybridized carbons (Fsp3) is 0.320. The maximum atomic E-state index is 13.6. The van der Waals surface area contributed by atoms with Crippen molar-refractivity contribution in [2.24, 2.45) is 5.73 Å². The highest BCUT2D eigenvalue weighted by Gasteiger charge is 2.24. The summed E-state index contributed by atoms with van der Waals surface area (Å²) in [5.74, 6) is 6.78.